The monoisotopic (exact) mass is 259 g/mol. The van der Waals surface area contributed by atoms with E-state index in [-0.39, 0.29) is 6.04 Å². The summed E-state index contributed by atoms with van der Waals surface area (Å²) in [4.78, 5) is 8.14. The van der Waals surface area contributed by atoms with Gasteiger partial charge in [-0.3, -0.25) is 4.68 Å². The second-order valence-corrected chi connectivity index (χ2v) is 4.70. The molecule has 2 rings (SSSR count). The lowest BCUT2D eigenvalue weighted by atomic mass is 10.1. The molecular formula is C14H21N5. The third-order valence-electron chi connectivity index (χ3n) is 3.40. The highest BCUT2D eigenvalue weighted by molar-refractivity contribution is 5.27. The van der Waals surface area contributed by atoms with E-state index < -0.39 is 0 Å². The van der Waals surface area contributed by atoms with E-state index >= 15 is 0 Å². The molecule has 0 bridgehead atoms. The lowest BCUT2D eigenvalue weighted by Crippen LogP contribution is -2.20. The van der Waals surface area contributed by atoms with E-state index in [1.807, 2.05) is 10.7 Å². The van der Waals surface area contributed by atoms with E-state index in [0.717, 1.165) is 24.5 Å². The van der Waals surface area contributed by atoms with Crippen LogP contribution in [-0.4, -0.2) is 19.7 Å². The second kappa shape index (κ2) is 5.93. The van der Waals surface area contributed by atoms with Gasteiger partial charge in [0.2, 0.25) is 0 Å². The lowest BCUT2D eigenvalue weighted by molar-refractivity contribution is 0.559. The molecule has 1 unspecified atom stereocenters. The van der Waals surface area contributed by atoms with Gasteiger partial charge in [-0.1, -0.05) is 0 Å². The minimum absolute atomic E-state index is 0.260. The summed E-state index contributed by atoms with van der Waals surface area (Å²) in [5.74, 6) is 0. The molecule has 5 heteroatoms. The zero-order valence-electron chi connectivity index (χ0n) is 12.0. The number of hydrogen-bond donors (Lipinski definition) is 1. The van der Waals surface area contributed by atoms with E-state index in [2.05, 4.69) is 48.1 Å². The van der Waals surface area contributed by atoms with Gasteiger partial charge in [-0.15, -0.1) is 0 Å². The summed E-state index contributed by atoms with van der Waals surface area (Å²) < 4.78 is 2.05. The lowest BCUT2D eigenvalue weighted by Gasteiger charge is -2.14. The van der Waals surface area contributed by atoms with Gasteiger partial charge in [0.15, 0.2) is 0 Å². The van der Waals surface area contributed by atoms with Crippen LogP contribution in [0.15, 0.2) is 18.6 Å². The first-order valence-electron chi connectivity index (χ1n) is 6.65. The molecule has 0 saturated heterocycles. The van der Waals surface area contributed by atoms with Crippen molar-refractivity contribution in [2.45, 2.75) is 46.8 Å². The second-order valence-electron chi connectivity index (χ2n) is 4.70. The molecule has 0 aliphatic rings. The number of aromatic nitrogens is 4. The Kier molecular flexibility index (Phi) is 4.27. The number of nitrogens with zero attached hydrogens (tertiary/aromatic N) is 4. The minimum atomic E-state index is 0.260. The molecular weight excluding hydrogens is 238 g/mol. The first-order chi connectivity index (χ1) is 9.13. The van der Waals surface area contributed by atoms with Crippen LogP contribution in [0.1, 0.15) is 42.5 Å². The van der Waals surface area contributed by atoms with E-state index in [9.17, 15) is 0 Å². The average Bonchev–Trinajstić information content (AvgIpc) is 2.72. The van der Waals surface area contributed by atoms with Crippen molar-refractivity contribution >= 4 is 0 Å². The van der Waals surface area contributed by atoms with Gasteiger partial charge in [0.25, 0.3) is 0 Å². The number of hydrogen-bond acceptors (Lipinski definition) is 4. The standard InChI is InChI=1S/C14H21N5/c1-5-19-12(4)14(11(3)18-19)10(2)16-8-13-6-7-15-9-17-13/h6-7,9-10,16H,5,8H2,1-4H3. The molecule has 0 radical (unpaired) electrons. The largest absolute Gasteiger partial charge is 0.304 e. The Morgan fingerprint density at radius 2 is 2.16 bits per heavy atom. The van der Waals surface area contributed by atoms with Crippen molar-refractivity contribution in [3.63, 3.8) is 0 Å². The number of rotatable bonds is 5. The van der Waals surface area contributed by atoms with Crippen LogP contribution in [0.5, 0.6) is 0 Å². The fourth-order valence-electron chi connectivity index (χ4n) is 2.43. The summed E-state index contributed by atoms with van der Waals surface area (Å²) in [5, 5.41) is 8.05. The molecule has 2 aromatic rings. The quantitative estimate of drug-likeness (QED) is 0.894. The van der Waals surface area contributed by atoms with E-state index in [4.69, 9.17) is 0 Å². The van der Waals surface area contributed by atoms with Gasteiger partial charge < -0.3 is 5.32 Å². The normalized spacial score (nSPS) is 12.6. The molecule has 0 amide bonds. The average molecular weight is 259 g/mol. The fraction of sp³-hybridized carbons (Fsp3) is 0.500. The maximum atomic E-state index is 4.56. The topological polar surface area (TPSA) is 55.6 Å². The predicted molar refractivity (Wildman–Crippen MR) is 74.7 cm³/mol. The Hall–Kier alpha value is -1.75. The molecule has 2 heterocycles. The van der Waals surface area contributed by atoms with Gasteiger partial charge in [0.1, 0.15) is 6.33 Å². The SMILES string of the molecule is CCn1nc(C)c(C(C)NCc2ccncn2)c1C. The predicted octanol–water partition coefficient (Wildman–Crippen LogP) is 2.16. The van der Waals surface area contributed by atoms with E-state index in [1.54, 1.807) is 12.5 Å². The Morgan fingerprint density at radius 1 is 1.37 bits per heavy atom. The molecule has 0 aliphatic carbocycles. The Labute approximate surface area is 114 Å². The molecule has 2 aromatic heterocycles. The van der Waals surface area contributed by atoms with Crippen LogP contribution >= 0.6 is 0 Å². The van der Waals surface area contributed by atoms with Gasteiger partial charge in [0.05, 0.1) is 11.4 Å². The van der Waals surface area contributed by atoms with Crippen molar-refractivity contribution < 1.29 is 0 Å². The highest BCUT2D eigenvalue weighted by atomic mass is 15.3. The highest BCUT2D eigenvalue weighted by Gasteiger charge is 2.16. The molecule has 0 saturated carbocycles. The van der Waals surface area contributed by atoms with E-state index in [1.165, 1.54) is 11.3 Å². The molecule has 1 atom stereocenters. The molecule has 0 aliphatic heterocycles. The van der Waals surface area contributed by atoms with Gasteiger partial charge in [0, 0.05) is 36.6 Å². The molecule has 102 valence electrons. The van der Waals surface area contributed by atoms with Gasteiger partial charge in [-0.25, -0.2) is 9.97 Å². The molecule has 19 heavy (non-hydrogen) atoms. The smallest absolute Gasteiger partial charge is 0.115 e. The highest BCUT2D eigenvalue weighted by Crippen LogP contribution is 2.21. The van der Waals surface area contributed by atoms with Crippen LogP contribution in [0.25, 0.3) is 0 Å². The maximum Gasteiger partial charge on any atom is 0.115 e. The zero-order valence-corrected chi connectivity index (χ0v) is 12.0. The first-order valence-corrected chi connectivity index (χ1v) is 6.65. The van der Waals surface area contributed by atoms with Crippen molar-refractivity contribution in [1.29, 1.82) is 0 Å². The Bertz CT molecular complexity index is 532. The molecule has 5 nitrogen and oxygen atoms in total. The Balaban J connectivity index is 2.08. The molecule has 0 aromatic carbocycles. The van der Waals surface area contributed by atoms with Gasteiger partial charge in [-0.2, -0.15) is 5.10 Å². The molecule has 0 fully saturated rings. The van der Waals surface area contributed by atoms with Crippen LogP contribution in [0.2, 0.25) is 0 Å². The van der Waals surface area contributed by atoms with Crippen LogP contribution in [0, 0.1) is 13.8 Å². The summed E-state index contributed by atoms with van der Waals surface area (Å²) >= 11 is 0. The third kappa shape index (κ3) is 2.98. The van der Waals surface area contributed by atoms with Crippen molar-refractivity contribution in [3.05, 3.63) is 41.2 Å². The van der Waals surface area contributed by atoms with Gasteiger partial charge >= 0.3 is 0 Å². The third-order valence-corrected chi connectivity index (χ3v) is 3.40. The van der Waals surface area contributed by atoms with Crippen LogP contribution in [0.4, 0.5) is 0 Å². The van der Waals surface area contributed by atoms with Crippen LogP contribution in [0.3, 0.4) is 0 Å². The first kappa shape index (κ1) is 13.7. The van der Waals surface area contributed by atoms with Crippen molar-refractivity contribution in [1.82, 2.24) is 25.1 Å². The summed E-state index contributed by atoms with van der Waals surface area (Å²) in [6.07, 6.45) is 3.34. The van der Waals surface area contributed by atoms with Crippen LogP contribution < -0.4 is 5.32 Å². The summed E-state index contributed by atoms with van der Waals surface area (Å²) in [6.45, 7) is 10.1. The maximum absolute atomic E-state index is 4.56. The summed E-state index contributed by atoms with van der Waals surface area (Å²) in [7, 11) is 0. The number of nitrogens with one attached hydrogen (secondary N) is 1. The number of aryl methyl sites for hydroxylation is 2. The summed E-state index contributed by atoms with van der Waals surface area (Å²) in [5.41, 5.74) is 4.63. The fourth-order valence-corrected chi connectivity index (χ4v) is 2.43. The molecule has 0 spiro atoms. The Morgan fingerprint density at radius 3 is 2.74 bits per heavy atom. The van der Waals surface area contributed by atoms with Crippen molar-refractivity contribution in [2.24, 2.45) is 0 Å². The minimum Gasteiger partial charge on any atom is -0.304 e. The van der Waals surface area contributed by atoms with Crippen molar-refractivity contribution in [2.75, 3.05) is 0 Å². The summed E-state index contributed by atoms with van der Waals surface area (Å²) in [6, 6.07) is 2.19. The zero-order chi connectivity index (χ0) is 13.8. The van der Waals surface area contributed by atoms with Crippen molar-refractivity contribution in [3.8, 4) is 0 Å². The molecule has 1 N–H and O–H groups in total. The van der Waals surface area contributed by atoms with E-state index in [0.29, 0.717) is 0 Å². The van der Waals surface area contributed by atoms with Crippen LogP contribution in [-0.2, 0) is 13.1 Å². The van der Waals surface area contributed by atoms with Gasteiger partial charge in [-0.05, 0) is 33.8 Å².